The number of rotatable bonds is 6. The lowest BCUT2D eigenvalue weighted by atomic mass is 10.0. The normalized spacial score (nSPS) is 10.6. The van der Waals surface area contributed by atoms with E-state index in [1.165, 1.54) is 19.3 Å². The van der Waals surface area contributed by atoms with Crippen LogP contribution in [0.15, 0.2) is 15.3 Å². The summed E-state index contributed by atoms with van der Waals surface area (Å²) in [6.45, 7) is 3.91. The van der Waals surface area contributed by atoms with E-state index in [1.807, 2.05) is 0 Å². The van der Waals surface area contributed by atoms with Gasteiger partial charge >= 0.3 is 5.63 Å². The Morgan fingerprint density at radius 3 is 2.56 bits per heavy atom. The number of hydrogen-bond donors (Lipinski definition) is 1. The summed E-state index contributed by atoms with van der Waals surface area (Å²) in [6.07, 6.45) is 6.69. The summed E-state index contributed by atoms with van der Waals surface area (Å²) in [5.74, 6) is 0.615. The minimum Gasteiger partial charge on any atom is -0.507 e. The first kappa shape index (κ1) is 12.8. The minimum atomic E-state index is -0.482. The van der Waals surface area contributed by atoms with E-state index in [4.69, 9.17) is 4.42 Å². The molecule has 16 heavy (non-hydrogen) atoms. The molecule has 0 amide bonds. The summed E-state index contributed by atoms with van der Waals surface area (Å²) in [6, 6.07) is 1.15. The maximum Gasteiger partial charge on any atom is 0.339 e. The van der Waals surface area contributed by atoms with Crippen LogP contribution in [0.1, 0.15) is 50.4 Å². The van der Waals surface area contributed by atoms with Gasteiger partial charge in [-0.15, -0.1) is 0 Å². The Bertz CT molecular complexity index is 353. The number of hydrogen-bond acceptors (Lipinski definition) is 3. The summed E-state index contributed by atoms with van der Waals surface area (Å²) < 4.78 is 4.95. The third-order valence-corrected chi connectivity index (χ3v) is 2.77. The standard InChI is InChI=1S/C13H20O3/c1-3-4-5-6-7-8-11-10(2)16-13(15)9-12(11)14/h9,14H,3-8H2,1-2H3. The van der Waals surface area contributed by atoms with E-state index in [9.17, 15) is 9.90 Å². The van der Waals surface area contributed by atoms with Crippen molar-refractivity contribution in [2.45, 2.75) is 52.4 Å². The molecule has 0 aliphatic carbocycles. The molecule has 1 heterocycles. The highest BCUT2D eigenvalue weighted by Gasteiger charge is 2.08. The van der Waals surface area contributed by atoms with Crippen molar-refractivity contribution >= 4 is 0 Å². The number of aryl methyl sites for hydroxylation is 1. The molecule has 0 aromatic carbocycles. The van der Waals surface area contributed by atoms with Gasteiger partial charge in [0, 0.05) is 5.56 Å². The highest BCUT2D eigenvalue weighted by Crippen LogP contribution is 2.20. The van der Waals surface area contributed by atoms with Gasteiger partial charge in [0.1, 0.15) is 11.5 Å². The molecule has 1 aromatic heterocycles. The molecule has 0 saturated carbocycles. The van der Waals surface area contributed by atoms with E-state index in [-0.39, 0.29) is 5.75 Å². The predicted octanol–water partition coefficient (Wildman–Crippen LogP) is 3.17. The SMILES string of the molecule is CCCCCCCc1c(O)cc(=O)oc1C. The monoisotopic (exact) mass is 224 g/mol. The summed E-state index contributed by atoms with van der Waals surface area (Å²) in [5, 5.41) is 9.61. The van der Waals surface area contributed by atoms with Crippen molar-refractivity contribution < 1.29 is 9.52 Å². The van der Waals surface area contributed by atoms with E-state index in [0.29, 0.717) is 5.76 Å². The van der Waals surface area contributed by atoms with Crippen LogP contribution in [-0.2, 0) is 6.42 Å². The third kappa shape index (κ3) is 3.72. The van der Waals surface area contributed by atoms with Gasteiger partial charge in [-0.1, -0.05) is 32.6 Å². The van der Waals surface area contributed by atoms with E-state index < -0.39 is 5.63 Å². The second kappa shape index (κ2) is 6.36. The van der Waals surface area contributed by atoms with Gasteiger partial charge in [0.2, 0.25) is 0 Å². The first-order chi connectivity index (χ1) is 7.65. The van der Waals surface area contributed by atoms with Gasteiger partial charge < -0.3 is 9.52 Å². The highest BCUT2D eigenvalue weighted by atomic mass is 16.4. The van der Waals surface area contributed by atoms with Gasteiger partial charge in [0.15, 0.2) is 0 Å². The van der Waals surface area contributed by atoms with E-state index in [2.05, 4.69) is 6.92 Å². The van der Waals surface area contributed by atoms with Crippen LogP contribution < -0.4 is 5.63 Å². The molecule has 1 rings (SSSR count). The van der Waals surface area contributed by atoms with Crippen molar-refractivity contribution in [3.63, 3.8) is 0 Å². The summed E-state index contributed by atoms with van der Waals surface area (Å²) in [5.41, 5.74) is 0.292. The predicted molar refractivity (Wildman–Crippen MR) is 63.8 cm³/mol. The second-order valence-corrected chi connectivity index (χ2v) is 4.15. The Labute approximate surface area is 96.1 Å². The van der Waals surface area contributed by atoms with Gasteiger partial charge in [-0.3, -0.25) is 0 Å². The minimum absolute atomic E-state index is 0.0734. The van der Waals surface area contributed by atoms with E-state index in [1.54, 1.807) is 6.92 Å². The van der Waals surface area contributed by atoms with Crippen molar-refractivity contribution in [2.75, 3.05) is 0 Å². The third-order valence-electron chi connectivity index (χ3n) is 2.77. The summed E-state index contributed by atoms with van der Waals surface area (Å²) in [7, 11) is 0. The van der Waals surface area contributed by atoms with Crippen molar-refractivity contribution in [2.24, 2.45) is 0 Å². The van der Waals surface area contributed by atoms with Crippen LogP contribution >= 0.6 is 0 Å². The van der Waals surface area contributed by atoms with Crippen LogP contribution in [0.25, 0.3) is 0 Å². The lowest BCUT2D eigenvalue weighted by Gasteiger charge is -2.06. The van der Waals surface area contributed by atoms with Gasteiger partial charge in [0.05, 0.1) is 6.07 Å². The van der Waals surface area contributed by atoms with E-state index >= 15 is 0 Å². The van der Waals surface area contributed by atoms with Crippen LogP contribution in [0.4, 0.5) is 0 Å². The van der Waals surface area contributed by atoms with Crippen molar-refractivity contribution in [3.8, 4) is 5.75 Å². The fraction of sp³-hybridized carbons (Fsp3) is 0.615. The lowest BCUT2D eigenvalue weighted by Crippen LogP contribution is -2.01. The molecule has 0 aliphatic heterocycles. The first-order valence-electron chi connectivity index (χ1n) is 5.97. The van der Waals surface area contributed by atoms with Crippen molar-refractivity contribution in [1.82, 2.24) is 0 Å². The fourth-order valence-corrected chi connectivity index (χ4v) is 1.83. The quantitative estimate of drug-likeness (QED) is 0.755. The van der Waals surface area contributed by atoms with Crippen LogP contribution in [0.3, 0.4) is 0 Å². The molecule has 90 valence electrons. The van der Waals surface area contributed by atoms with Gasteiger partial charge in [-0.25, -0.2) is 4.79 Å². The maximum absolute atomic E-state index is 11.0. The molecule has 0 unspecified atom stereocenters. The van der Waals surface area contributed by atoms with Crippen LogP contribution in [-0.4, -0.2) is 5.11 Å². The molecule has 1 N–H and O–H groups in total. The Morgan fingerprint density at radius 2 is 1.94 bits per heavy atom. The Hall–Kier alpha value is -1.25. The average Bonchev–Trinajstić information content (AvgIpc) is 2.20. The molecular formula is C13H20O3. The molecule has 0 aliphatic rings. The van der Waals surface area contributed by atoms with Crippen LogP contribution in [0.2, 0.25) is 0 Å². The molecule has 0 atom stereocenters. The van der Waals surface area contributed by atoms with Gasteiger partial charge in [0.25, 0.3) is 0 Å². The fourth-order valence-electron chi connectivity index (χ4n) is 1.83. The van der Waals surface area contributed by atoms with Crippen molar-refractivity contribution in [3.05, 3.63) is 27.8 Å². The molecular weight excluding hydrogens is 204 g/mol. The summed E-state index contributed by atoms with van der Waals surface area (Å²) in [4.78, 5) is 11.0. The molecule has 0 saturated heterocycles. The zero-order chi connectivity index (χ0) is 12.0. The number of aromatic hydroxyl groups is 1. The van der Waals surface area contributed by atoms with E-state index in [0.717, 1.165) is 30.9 Å². The van der Waals surface area contributed by atoms with Gasteiger partial charge in [-0.2, -0.15) is 0 Å². The lowest BCUT2D eigenvalue weighted by molar-refractivity contribution is 0.420. The zero-order valence-corrected chi connectivity index (χ0v) is 10.1. The van der Waals surface area contributed by atoms with Crippen molar-refractivity contribution in [1.29, 1.82) is 0 Å². The Morgan fingerprint density at radius 1 is 1.25 bits per heavy atom. The molecule has 0 spiro atoms. The molecule has 1 aromatic rings. The topological polar surface area (TPSA) is 50.4 Å². The highest BCUT2D eigenvalue weighted by molar-refractivity contribution is 5.32. The molecule has 0 bridgehead atoms. The second-order valence-electron chi connectivity index (χ2n) is 4.15. The average molecular weight is 224 g/mol. The molecule has 0 radical (unpaired) electrons. The van der Waals surface area contributed by atoms with Crippen LogP contribution in [0.5, 0.6) is 5.75 Å². The first-order valence-corrected chi connectivity index (χ1v) is 5.97. The maximum atomic E-state index is 11.0. The Kier molecular flexibility index (Phi) is 5.09. The molecule has 0 fully saturated rings. The van der Waals surface area contributed by atoms with Gasteiger partial charge in [-0.05, 0) is 19.8 Å². The largest absolute Gasteiger partial charge is 0.507 e. The zero-order valence-electron chi connectivity index (χ0n) is 10.1. The molecule has 3 nitrogen and oxygen atoms in total. The molecule has 3 heteroatoms. The van der Waals surface area contributed by atoms with Crippen LogP contribution in [0, 0.1) is 6.92 Å². The summed E-state index contributed by atoms with van der Waals surface area (Å²) >= 11 is 0. The Balaban J connectivity index is 2.51. The smallest absolute Gasteiger partial charge is 0.339 e. The number of unbranched alkanes of at least 4 members (excludes halogenated alkanes) is 4.